The normalized spacial score (nSPS) is 34.0. The van der Waals surface area contributed by atoms with Crippen LogP contribution < -0.4 is 5.32 Å². The summed E-state index contributed by atoms with van der Waals surface area (Å²) in [4.78, 5) is 28.1. The molecule has 21 heavy (non-hydrogen) atoms. The van der Waals surface area contributed by atoms with Crippen molar-refractivity contribution in [2.24, 2.45) is 5.41 Å². The second-order valence-electron chi connectivity index (χ2n) is 6.87. The molecule has 2 atom stereocenters. The average molecular weight is 295 g/mol. The Hall–Kier alpha value is -1.30. The SMILES string of the molecule is CC1(C(=O)O)CCCC1NC(=O)N1CCN(C2CC2)CC1. The molecule has 0 aromatic carbocycles. The molecule has 0 spiro atoms. The van der Waals surface area contributed by atoms with Gasteiger partial charge in [-0.15, -0.1) is 0 Å². The number of aliphatic carboxylic acids is 1. The molecular weight excluding hydrogens is 270 g/mol. The van der Waals surface area contributed by atoms with E-state index in [-0.39, 0.29) is 12.1 Å². The summed E-state index contributed by atoms with van der Waals surface area (Å²) < 4.78 is 0. The number of hydrogen-bond acceptors (Lipinski definition) is 3. The van der Waals surface area contributed by atoms with Gasteiger partial charge in [0.05, 0.1) is 5.41 Å². The van der Waals surface area contributed by atoms with Crippen molar-refractivity contribution < 1.29 is 14.7 Å². The van der Waals surface area contributed by atoms with Gasteiger partial charge < -0.3 is 15.3 Å². The van der Waals surface area contributed by atoms with Gasteiger partial charge in [0.25, 0.3) is 0 Å². The third-order valence-corrected chi connectivity index (χ3v) is 5.41. The van der Waals surface area contributed by atoms with Crippen molar-refractivity contribution in [3.05, 3.63) is 0 Å². The second-order valence-corrected chi connectivity index (χ2v) is 6.87. The van der Waals surface area contributed by atoms with Gasteiger partial charge in [-0.05, 0) is 32.6 Å². The molecule has 2 aliphatic carbocycles. The molecule has 3 aliphatic rings. The van der Waals surface area contributed by atoms with Gasteiger partial charge in [0.2, 0.25) is 0 Å². The number of urea groups is 1. The van der Waals surface area contributed by atoms with Gasteiger partial charge >= 0.3 is 12.0 Å². The Morgan fingerprint density at radius 1 is 1.14 bits per heavy atom. The van der Waals surface area contributed by atoms with Crippen LogP contribution in [-0.2, 0) is 4.79 Å². The number of piperazine rings is 1. The van der Waals surface area contributed by atoms with Gasteiger partial charge in [-0.25, -0.2) is 4.79 Å². The predicted molar refractivity (Wildman–Crippen MR) is 78.1 cm³/mol. The van der Waals surface area contributed by atoms with Crippen LogP contribution in [0.2, 0.25) is 0 Å². The predicted octanol–water partition coefficient (Wildman–Crippen LogP) is 1.12. The van der Waals surface area contributed by atoms with Crippen LogP contribution in [0, 0.1) is 5.41 Å². The molecule has 1 aliphatic heterocycles. The lowest BCUT2D eigenvalue weighted by Crippen LogP contribution is -2.56. The lowest BCUT2D eigenvalue weighted by Gasteiger charge is -2.36. The van der Waals surface area contributed by atoms with Crippen molar-refractivity contribution in [3.63, 3.8) is 0 Å². The summed E-state index contributed by atoms with van der Waals surface area (Å²) >= 11 is 0. The highest BCUT2D eigenvalue weighted by atomic mass is 16.4. The molecule has 0 aromatic rings. The Morgan fingerprint density at radius 3 is 2.38 bits per heavy atom. The highest BCUT2D eigenvalue weighted by Gasteiger charge is 2.46. The van der Waals surface area contributed by atoms with E-state index in [0.29, 0.717) is 6.42 Å². The minimum Gasteiger partial charge on any atom is -0.481 e. The highest BCUT2D eigenvalue weighted by Crippen LogP contribution is 2.38. The molecule has 2 saturated carbocycles. The van der Waals surface area contributed by atoms with Crippen LogP contribution in [0.5, 0.6) is 0 Å². The number of carbonyl (C=O) groups is 2. The lowest BCUT2D eigenvalue weighted by molar-refractivity contribution is -0.148. The van der Waals surface area contributed by atoms with Crippen molar-refractivity contribution in [1.29, 1.82) is 0 Å². The van der Waals surface area contributed by atoms with Crippen LogP contribution in [0.3, 0.4) is 0 Å². The standard InChI is InChI=1S/C15H25N3O3/c1-15(13(19)20)6-2-3-12(15)16-14(21)18-9-7-17(8-10-18)11-4-5-11/h11-12H,2-10H2,1H3,(H,16,21)(H,19,20). The maximum atomic E-state index is 12.4. The largest absolute Gasteiger partial charge is 0.481 e. The van der Waals surface area contributed by atoms with Crippen molar-refractivity contribution in [1.82, 2.24) is 15.1 Å². The first-order chi connectivity index (χ1) is 10.0. The third kappa shape index (κ3) is 2.86. The second kappa shape index (κ2) is 5.48. The van der Waals surface area contributed by atoms with Crippen LogP contribution in [0.1, 0.15) is 39.0 Å². The van der Waals surface area contributed by atoms with Gasteiger partial charge in [-0.3, -0.25) is 9.69 Å². The first-order valence-corrected chi connectivity index (χ1v) is 8.03. The minimum atomic E-state index is -0.814. The molecule has 3 fully saturated rings. The van der Waals surface area contributed by atoms with Gasteiger partial charge in [-0.2, -0.15) is 0 Å². The molecule has 0 bridgehead atoms. The monoisotopic (exact) mass is 295 g/mol. The molecule has 0 aromatic heterocycles. The Balaban J connectivity index is 1.53. The van der Waals surface area contributed by atoms with E-state index in [1.165, 1.54) is 12.8 Å². The van der Waals surface area contributed by atoms with E-state index in [4.69, 9.17) is 0 Å². The minimum absolute atomic E-state index is 0.0928. The summed E-state index contributed by atoms with van der Waals surface area (Å²) in [5, 5.41) is 12.4. The highest BCUT2D eigenvalue weighted by molar-refractivity contribution is 5.79. The summed E-state index contributed by atoms with van der Waals surface area (Å²) in [6.07, 6.45) is 4.86. The summed E-state index contributed by atoms with van der Waals surface area (Å²) in [5.74, 6) is -0.802. The summed E-state index contributed by atoms with van der Waals surface area (Å²) in [5.41, 5.74) is -0.814. The van der Waals surface area contributed by atoms with Gasteiger partial charge in [-0.1, -0.05) is 6.42 Å². The third-order valence-electron chi connectivity index (χ3n) is 5.41. The summed E-state index contributed by atoms with van der Waals surface area (Å²) in [6, 6.07) is 0.411. The maximum Gasteiger partial charge on any atom is 0.317 e. The van der Waals surface area contributed by atoms with E-state index in [9.17, 15) is 14.7 Å². The molecule has 2 unspecified atom stereocenters. The molecule has 1 heterocycles. The van der Waals surface area contributed by atoms with E-state index in [0.717, 1.165) is 45.1 Å². The number of nitrogens with one attached hydrogen (secondary N) is 1. The number of carbonyl (C=O) groups excluding carboxylic acids is 1. The van der Waals surface area contributed by atoms with Crippen LogP contribution >= 0.6 is 0 Å². The molecule has 0 radical (unpaired) electrons. The van der Waals surface area contributed by atoms with E-state index in [1.54, 1.807) is 6.92 Å². The van der Waals surface area contributed by atoms with Gasteiger partial charge in [0.15, 0.2) is 0 Å². The van der Waals surface area contributed by atoms with Crippen molar-refractivity contribution in [2.75, 3.05) is 26.2 Å². The fraction of sp³-hybridized carbons (Fsp3) is 0.867. The van der Waals surface area contributed by atoms with Crippen molar-refractivity contribution in [3.8, 4) is 0 Å². The van der Waals surface area contributed by atoms with Crippen LogP contribution in [0.25, 0.3) is 0 Å². The van der Waals surface area contributed by atoms with Gasteiger partial charge in [0, 0.05) is 38.3 Å². The fourth-order valence-corrected chi connectivity index (χ4v) is 3.62. The number of nitrogens with zero attached hydrogens (tertiary/aromatic N) is 2. The molecule has 6 nitrogen and oxygen atoms in total. The van der Waals surface area contributed by atoms with Gasteiger partial charge in [0.1, 0.15) is 0 Å². The number of hydrogen-bond donors (Lipinski definition) is 2. The number of rotatable bonds is 3. The zero-order valence-corrected chi connectivity index (χ0v) is 12.7. The van der Waals surface area contributed by atoms with Crippen molar-refractivity contribution in [2.45, 2.75) is 51.1 Å². The van der Waals surface area contributed by atoms with E-state index in [1.807, 2.05) is 4.90 Å². The maximum absolute atomic E-state index is 12.4. The first kappa shape index (κ1) is 14.6. The fourth-order valence-electron chi connectivity index (χ4n) is 3.62. The Morgan fingerprint density at radius 2 is 1.81 bits per heavy atom. The van der Waals surface area contributed by atoms with Crippen LogP contribution in [0.15, 0.2) is 0 Å². The molecule has 6 heteroatoms. The van der Waals surface area contributed by atoms with Crippen LogP contribution in [-0.4, -0.2) is 65.2 Å². The number of carboxylic acid groups (broad SMARTS) is 1. The number of amides is 2. The molecule has 2 amide bonds. The smallest absolute Gasteiger partial charge is 0.317 e. The molecular formula is C15H25N3O3. The molecule has 118 valence electrons. The summed E-state index contributed by atoms with van der Waals surface area (Å²) in [6.45, 7) is 5.13. The Bertz CT molecular complexity index is 430. The zero-order valence-electron chi connectivity index (χ0n) is 12.7. The Labute approximate surface area is 125 Å². The van der Waals surface area contributed by atoms with E-state index < -0.39 is 11.4 Å². The number of carboxylic acids is 1. The molecule has 2 N–H and O–H groups in total. The molecule has 1 saturated heterocycles. The lowest BCUT2D eigenvalue weighted by atomic mass is 9.85. The quantitative estimate of drug-likeness (QED) is 0.818. The zero-order chi connectivity index (χ0) is 15.0. The van der Waals surface area contributed by atoms with Crippen molar-refractivity contribution >= 4 is 12.0 Å². The first-order valence-electron chi connectivity index (χ1n) is 8.03. The Kier molecular flexibility index (Phi) is 3.82. The molecule has 3 rings (SSSR count). The average Bonchev–Trinajstić information content (AvgIpc) is 3.25. The van der Waals surface area contributed by atoms with E-state index in [2.05, 4.69) is 10.2 Å². The van der Waals surface area contributed by atoms with Crippen LogP contribution in [0.4, 0.5) is 4.79 Å². The topological polar surface area (TPSA) is 72.9 Å². The van der Waals surface area contributed by atoms with E-state index >= 15 is 0 Å². The summed E-state index contributed by atoms with van der Waals surface area (Å²) in [7, 11) is 0.